The van der Waals surface area contributed by atoms with Gasteiger partial charge in [0.05, 0.1) is 10.0 Å². The molecule has 8 heteroatoms. The number of anilines is 1. The van der Waals surface area contributed by atoms with Crippen LogP contribution in [0.5, 0.6) is 0 Å². The van der Waals surface area contributed by atoms with Gasteiger partial charge in [0.15, 0.2) is 0 Å². The first kappa shape index (κ1) is 15.8. The summed E-state index contributed by atoms with van der Waals surface area (Å²) < 4.78 is 26.4. The Bertz CT molecular complexity index is 753. The number of halogens is 1. The smallest absolute Gasteiger partial charge is 0.324 e. The maximum absolute atomic E-state index is 12.6. The van der Waals surface area contributed by atoms with E-state index in [9.17, 15) is 13.2 Å². The molecule has 0 saturated heterocycles. The fourth-order valence-electron chi connectivity index (χ4n) is 1.69. The van der Waals surface area contributed by atoms with Crippen molar-refractivity contribution in [1.29, 1.82) is 0 Å². The number of carbonyl (C=O) groups is 1. The van der Waals surface area contributed by atoms with Gasteiger partial charge < -0.3 is 5.11 Å². The average Bonchev–Trinajstić information content (AvgIpc) is 2.84. The maximum atomic E-state index is 12.6. The summed E-state index contributed by atoms with van der Waals surface area (Å²) >= 11 is 6.65. The Labute approximate surface area is 131 Å². The predicted octanol–water partition coefficient (Wildman–Crippen LogP) is 2.99. The summed E-state index contributed by atoms with van der Waals surface area (Å²) in [6, 6.07) is 9.43. The van der Waals surface area contributed by atoms with Crippen LogP contribution in [0.15, 0.2) is 40.6 Å². The molecule has 1 N–H and O–H groups in total. The van der Waals surface area contributed by atoms with Gasteiger partial charge in [0.1, 0.15) is 10.8 Å². The number of aryl methyl sites for hydroxylation is 1. The van der Waals surface area contributed by atoms with Crippen LogP contribution in [0.3, 0.4) is 0 Å². The van der Waals surface area contributed by atoms with Crippen LogP contribution in [0.25, 0.3) is 0 Å². The molecule has 0 saturated carbocycles. The number of aliphatic carboxylic acids is 1. The molecule has 0 atom stereocenters. The van der Waals surface area contributed by atoms with Crippen molar-refractivity contribution in [2.75, 3.05) is 10.8 Å². The minimum Gasteiger partial charge on any atom is -0.480 e. The lowest BCUT2D eigenvalue weighted by Gasteiger charge is -2.21. The molecule has 0 aliphatic carbocycles. The fourth-order valence-corrected chi connectivity index (χ4v) is 4.71. The van der Waals surface area contributed by atoms with E-state index in [2.05, 4.69) is 0 Å². The van der Waals surface area contributed by atoms with Crippen molar-refractivity contribution in [3.8, 4) is 0 Å². The van der Waals surface area contributed by atoms with E-state index in [0.717, 1.165) is 21.2 Å². The lowest BCUT2D eigenvalue weighted by atomic mass is 10.2. The van der Waals surface area contributed by atoms with Gasteiger partial charge in [-0.05, 0) is 31.2 Å². The number of sulfonamides is 1. The van der Waals surface area contributed by atoms with Gasteiger partial charge in [-0.15, -0.1) is 11.3 Å². The normalized spacial score (nSPS) is 11.3. The van der Waals surface area contributed by atoms with E-state index in [1.165, 1.54) is 12.1 Å². The first-order valence-corrected chi connectivity index (χ1v) is 8.50. The summed E-state index contributed by atoms with van der Waals surface area (Å²) in [6.07, 6.45) is 0. The van der Waals surface area contributed by atoms with E-state index in [1.54, 1.807) is 24.3 Å². The van der Waals surface area contributed by atoms with Crippen LogP contribution in [-0.4, -0.2) is 26.0 Å². The fraction of sp³-hybridized carbons (Fsp3) is 0.154. The van der Waals surface area contributed by atoms with Crippen molar-refractivity contribution in [2.45, 2.75) is 11.1 Å². The van der Waals surface area contributed by atoms with Crippen molar-refractivity contribution in [3.05, 3.63) is 46.3 Å². The van der Waals surface area contributed by atoms with Crippen LogP contribution in [0.4, 0.5) is 5.69 Å². The zero-order chi connectivity index (χ0) is 15.6. The minimum atomic E-state index is -3.95. The summed E-state index contributed by atoms with van der Waals surface area (Å²) in [5.74, 6) is -1.23. The van der Waals surface area contributed by atoms with Crippen LogP contribution in [0, 0.1) is 6.92 Å². The standard InChI is InChI=1S/C13H12ClNO4S2/c1-9-2-4-10(5-3-9)15(8-12(16)17)21(18,19)13-7-6-11(14)20-13/h2-7H,8H2,1H3,(H,16,17). The third kappa shape index (κ3) is 3.55. The number of hydrogen-bond donors (Lipinski definition) is 1. The number of rotatable bonds is 5. The highest BCUT2D eigenvalue weighted by Gasteiger charge is 2.28. The number of benzene rings is 1. The van der Waals surface area contributed by atoms with Gasteiger partial charge in [-0.1, -0.05) is 29.3 Å². The summed E-state index contributed by atoms with van der Waals surface area (Å²) in [5.41, 5.74) is 1.25. The SMILES string of the molecule is Cc1ccc(N(CC(=O)O)S(=O)(=O)c2ccc(Cl)s2)cc1. The largest absolute Gasteiger partial charge is 0.480 e. The van der Waals surface area contributed by atoms with Crippen LogP contribution < -0.4 is 4.31 Å². The third-order valence-corrected chi connectivity index (χ3v) is 6.17. The second-order valence-corrected chi connectivity index (χ2v) is 8.10. The average molecular weight is 346 g/mol. The number of hydrogen-bond acceptors (Lipinski definition) is 4. The predicted molar refractivity (Wildman–Crippen MR) is 82.7 cm³/mol. The Morgan fingerprint density at radius 2 is 1.86 bits per heavy atom. The molecule has 0 fully saturated rings. The van der Waals surface area contributed by atoms with Gasteiger partial charge in [-0.3, -0.25) is 9.10 Å². The Balaban J connectivity index is 2.49. The molecule has 112 valence electrons. The summed E-state index contributed by atoms with van der Waals surface area (Å²) in [6.45, 7) is 1.21. The van der Waals surface area contributed by atoms with Crippen molar-refractivity contribution in [2.24, 2.45) is 0 Å². The molecule has 1 aromatic carbocycles. The molecular weight excluding hydrogens is 334 g/mol. The van der Waals surface area contributed by atoms with Crippen LogP contribution >= 0.6 is 22.9 Å². The molecule has 2 aromatic rings. The molecule has 0 radical (unpaired) electrons. The third-order valence-electron chi connectivity index (χ3n) is 2.69. The topological polar surface area (TPSA) is 74.7 Å². The van der Waals surface area contributed by atoms with E-state index in [1.807, 2.05) is 6.92 Å². The molecule has 0 spiro atoms. The monoisotopic (exact) mass is 345 g/mol. The second-order valence-electron chi connectivity index (χ2n) is 4.30. The Kier molecular flexibility index (Phi) is 4.55. The lowest BCUT2D eigenvalue weighted by molar-refractivity contribution is -0.135. The highest BCUT2D eigenvalue weighted by Crippen LogP contribution is 2.30. The van der Waals surface area contributed by atoms with Crippen molar-refractivity contribution >= 4 is 44.6 Å². The Morgan fingerprint density at radius 1 is 1.24 bits per heavy atom. The van der Waals surface area contributed by atoms with Gasteiger partial charge in [0.25, 0.3) is 10.0 Å². The number of carboxylic acids is 1. The molecule has 0 unspecified atom stereocenters. The zero-order valence-electron chi connectivity index (χ0n) is 11.0. The lowest BCUT2D eigenvalue weighted by Crippen LogP contribution is -2.35. The molecule has 0 amide bonds. The molecule has 5 nitrogen and oxygen atoms in total. The van der Waals surface area contributed by atoms with E-state index < -0.39 is 22.5 Å². The van der Waals surface area contributed by atoms with E-state index in [4.69, 9.17) is 16.7 Å². The molecule has 0 aliphatic heterocycles. The van der Waals surface area contributed by atoms with Gasteiger partial charge in [0, 0.05) is 0 Å². The van der Waals surface area contributed by atoms with E-state index in [0.29, 0.717) is 10.0 Å². The molecule has 1 heterocycles. The minimum absolute atomic E-state index is 0.00863. The Hall–Kier alpha value is -1.57. The van der Waals surface area contributed by atoms with Gasteiger partial charge in [0.2, 0.25) is 0 Å². The first-order chi connectivity index (χ1) is 9.80. The molecule has 1 aromatic heterocycles. The highest BCUT2D eigenvalue weighted by atomic mass is 35.5. The van der Waals surface area contributed by atoms with Crippen LogP contribution in [0.2, 0.25) is 4.34 Å². The number of thiophene rings is 1. The molecule has 2 rings (SSSR count). The van der Waals surface area contributed by atoms with Gasteiger partial charge >= 0.3 is 5.97 Å². The second kappa shape index (κ2) is 6.05. The number of nitrogens with zero attached hydrogens (tertiary/aromatic N) is 1. The van der Waals surface area contributed by atoms with Crippen LogP contribution in [0.1, 0.15) is 5.56 Å². The van der Waals surface area contributed by atoms with Crippen molar-refractivity contribution in [3.63, 3.8) is 0 Å². The zero-order valence-corrected chi connectivity index (χ0v) is 13.4. The summed E-state index contributed by atoms with van der Waals surface area (Å²) in [7, 11) is -3.95. The quantitative estimate of drug-likeness (QED) is 0.904. The molecular formula is C13H12ClNO4S2. The number of carboxylic acid groups (broad SMARTS) is 1. The van der Waals surface area contributed by atoms with Gasteiger partial charge in [-0.25, -0.2) is 8.42 Å². The Morgan fingerprint density at radius 3 is 2.33 bits per heavy atom. The van der Waals surface area contributed by atoms with Crippen molar-refractivity contribution < 1.29 is 18.3 Å². The summed E-state index contributed by atoms with van der Waals surface area (Å²) in [5, 5.41) is 8.99. The van der Waals surface area contributed by atoms with Crippen LogP contribution in [-0.2, 0) is 14.8 Å². The molecule has 0 aliphatic rings. The van der Waals surface area contributed by atoms with E-state index >= 15 is 0 Å². The van der Waals surface area contributed by atoms with Crippen molar-refractivity contribution in [1.82, 2.24) is 0 Å². The highest BCUT2D eigenvalue weighted by molar-refractivity contribution is 7.94. The summed E-state index contributed by atoms with van der Waals surface area (Å²) in [4.78, 5) is 11.0. The molecule has 0 bridgehead atoms. The maximum Gasteiger partial charge on any atom is 0.324 e. The van der Waals surface area contributed by atoms with Gasteiger partial charge in [-0.2, -0.15) is 0 Å². The first-order valence-electron chi connectivity index (χ1n) is 5.87. The molecule has 21 heavy (non-hydrogen) atoms. The van der Waals surface area contributed by atoms with E-state index in [-0.39, 0.29) is 4.21 Å².